The van der Waals surface area contributed by atoms with Crippen molar-refractivity contribution in [1.82, 2.24) is 4.72 Å². The minimum atomic E-state index is -3.65. The zero-order chi connectivity index (χ0) is 15.2. The third kappa shape index (κ3) is 5.05. The largest absolute Gasteiger partial charge is 0.392 e. The number of benzene rings is 1. The van der Waals surface area contributed by atoms with Crippen LogP contribution < -0.4 is 4.72 Å². The highest BCUT2D eigenvalue weighted by Gasteiger charge is 2.20. The summed E-state index contributed by atoms with van der Waals surface area (Å²) in [6.45, 7) is 3.73. The van der Waals surface area contributed by atoms with Crippen LogP contribution in [0.1, 0.15) is 45.1 Å². The van der Waals surface area contributed by atoms with Crippen LogP contribution in [0.3, 0.4) is 0 Å². The van der Waals surface area contributed by atoms with Crippen molar-refractivity contribution < 1.29 is 13.5 Å². The van der Waals surface area contributed by atoms with Gasteiger partial charge in [0.25, 0.3) is 0 Å². The van der Waals surface area contributed by atoms with Gasteiger partial charge in [-0.2, -0.15) is 0 Å². The first-order valence-electron chi connectivity index (χ1n) is 6.82. The molecule has 1 rings (SSSR count). The molecule has 0 radical (unpaired) electrons. The van der Waals surface area contributed by atoms with Crippen LogP contribution in [0.5, 0.6) is 0 Å². The van der Waals surface area contributed by atoms with E-state index in [1.165, 1.54) is 12.1 Å². The highest BCUT2D eigenvalue weighted by molar-refractivity contribution is 7.89. The number of rotatable bonds is 8. The second-order valence-electron chi connectivity index (χ2n) is 4.94. The molecule has 0 aliphatic rings. The molecular formula is C14H22ClNO3S. The van der Waals surface area contributed by atoms with Crippen LogP contribution in [0.2, 0.25) is 5.02 Å². The van der Waals surface area contributed by atoms with Crippen molar-refractivity contribution in [3.8, 4) is 0 Å². The van der Waals surface area contributed by atoms with E-state index in [-0.39, 0.29) is 22.6 Å². The van der Waals surface area contributed by atoms with E-state index in [1.54, 1.807) is 6.07 Å². The fourth-order valence-electron chi connectivity index (χ4n) is 1.94. The standard InChI is InChI=1S/C14H22ClNO3S/c1-3-4-5-6-11(2)16-20(18,19)14-9-12(10-17)7-8-13(14)15/h7-9,11,16-17H,3-6,10H2,1-2H3. The molecule has 2 N–H and O–H groups in total. The van der Waals surface area contributed by atoms with Gasteiger partial charge in [-0.1, -0.05) is 43.9 Å². The summed E-state index contributed by atoms with van der Waals surface area (Å²) < 4.78 is 27.2. The first kappa shape index (κ1) is 17.4. The van der Waals surface area contributed by atoms with Crippen molar-refractivity contribution >= 4 is 21.6 Å². The van der Waals surface area contributed by atoms with Crippen molar-refractivity contribution in [3.63, 3.8) is 0 Å². The highest BCUT2D eigenvalue weighted by atomic mass is 35.5. The maximum atomic E-state index is 12.3. The molecular weight excluding hydrogens is 298 g/mol. The molecule has 0 aliphatic heterocycles. The van der Waals surface area contributed by atoms with Crippen LogP contribution in [0.4, 0.5) is 0 Å². The molecule has 0 fully saturated rings. The summed E-state index contributed by atoms with van der Waals surface area (Å²) >= 11 is 5.95. The van der Waals surface area contributed by atoms with E-state index in [2.05, 4.69) is 11.6 Å². The van der Waals surface area contributed by atoms with E-state index >= 15 is 0 Å². The zero-order valence-electron chi connectivity index (χ0n) is 11.9. The molecule has 0 saturated heterocycles. The highest BCUT2D eigenvalue weighted by Crippen LogP contribution is 2.23. The number of halogens is 1. The van der Waals surface area contributed by atoms with Gasteiger partial charge in [-0.3, -0.25) is 0 Å². The third-order valence-electron chi connectivity index (χ3n) is 3.06. The molecule has 1 unspecified atom stereocenters. The lowest BCUT2D eigenvalue weighted by atomic mass is 10.1. The normalized spacial score (nSPS) is 13.4. The Bertz CT molecular complexity index is 531. The second-order valence-corrected chi connectivity index (χ2v) is 7.03. The van der Waals surface area contributed by atoms with Gasteiger partial charge in [-0.05, 0) is 31.0 Å². The quantitative estimate of drug-likeness (QED) is 0.724. The van der Waals surface area contributed by atoms with E-state index in [1.807, 2.05) is 6.92 Å². The topological polar surface area (TPSA) is 66.4 Å². The minimum Gasteiger partial charge on any atom is -0.392 e. The molecule has 0 bridgehead atoms. The Balaban J connectivity index is 2.83. The SMILES string of the molecule is CCCCCC(C)NS(=O)(=O)c1cc(CO)ccc1Cl. The Morgan fingerprint density at radius 2 is 2.05 bits per heavy atom. The number of sulfonamides is 1. The molecule has 0 saturated carbocycles. The van der Waals surface area contributed by atoms with Crippen molar-refractivity contribution in [3.05, 3.63) is 28.8 Å². The van der Waals surface area contributed by atoms with Crippen molar-refractivity contribution in [1.29, 1.82) is 0 Å². The summed E-state index contributed by atoms with van der Waals surface area (Å²) in [6, 6.07) is 4.36. The van der Waals surface area contributed by atoms with Gasteiger partial charge >= 0.3 is 0 Å². The first-order chi connectivity index (χ1) is 9.40. The van der Waals surface area contributed by atoms with Gasteiger partial charge in [0, 0.05) is 6.04 Å². The predicted octanol–water partition coefficient (Wildman–Crippen LogP) is 3.08. The molecule has 0 aliphatic carbocycles. The Morgan fingerprint density at radius 3 is 2.65 bits per heavy atom. The number of nitrogens with one attached hydrogen (secondary N) is 1. The molecule has 0 amide bonds. The van der Waals surface area contributed by atoms with Crippen LogP contribution >= 0.6 is 11.6 Å². The Labute approximate surface area is 126 Å². The summed E-state index contributed by atoms with van der Waals surface area (Å²) in [7, 11) is -3.65. The van der Waals surface area contributed by atoms with Crippen molar-refractivity contribution in [2.45, 2.75) is 57.1 Å². The Kier molecular flexibility index (Phi) is 6.95. The monoisotopic (exact) mass is 319 g/mol. The first-order valence-corrected chi connectivity index (χ1v) is 8.68. The molecule has 1 atom stereocenters. The number of unbranched alkanes of at least 4 members (excludes halogenated alkanes) is 2. The number of hydrogen-bond donors (Lipinski definition) is 2. The average molecular weight is 320 g/mol. The lowest BCUT2D eigenvalue weighted by Gasteiger charge is -2.15. The van der Waals surface area contributed by atoms with Gasteiger partial charge in [0.1, 0.15) is 4.90 Å². The van der Waals surface area contributed by atoms with E-state index in [0.29, 0.717) is 5.56 Å². The van der Waals surface area contributed by atoms with Gasteiger partial charge in [-0.15, -0.1) is 0 Å². The maximum absolute atomic E-state index is 12.3. The number of hydrogen-bond acceptors (Lipinski definition) is 3. The van der Waals surface area contributed by atoms with Gasteiger partial charge in [0.05, 0.1) is 11.6 Å². The maximum Gasteiger partial charge on any atom is 0.242 e. The predicted molar refractivity (Wildman–Crippen MR) is 81.3 cm³/mol. The molecule has 20 heavy (non-hydrogen) atoms. The van der Waals surface area contributed by atoms with Crippen LogP contribution in [-0.2, 0) is 16.6 Å². The summed E-state index contributed by atoms with van der Waals surface area (Å²) in [6.07, 6.45) is 3.98. The zero-order valence-corrected chi connectivity index (χ0v) is 13.5. The second kappa shape index (κ2) is 7.98. The van der Waals surface area contributed by atoms with E-state index in [4.69, 9.17) is 16.7 Å². The summed E-state index contributed by atoms with van der Waals surface area (Å²) in [5, 5.41) is 9.25. The molecule has 1 aromatic rings. The molecule has 0 aromatic heterocycles. The molecule has 6 heteroatoms. The van der Waals surface area contributed by atoms with Crippen LogP contribution in [0.15, 0.2) is 23.1 Å². The Hall–Kier alpha value is -0.620. The van der Waals surface area contributed by atoms with Crippen molar-refractivity contribution in [2.24, 2.45) is 0 Å². The van der Waals surface area contributed by atoms with Gasteiger partial charge in [-0.25, -0.2) is 13.1 Å². The van der Waals surface area contributed by atoms with Crippen LogP contribution in [-0.4, -0.2) is 19.6 Å². The van der Waals surface area contributed by atoms with Crippen molar-refractivity contribution in [2.75, 3.05) is 0 Å². The molecule has 0 spiro atoms. The summed E-state index contributed by atoms with van der Waals surface area (Å²) in [5.41, 5.74) is 0.522. The average Bonchev–Trinajstić information content (AvgIpc) is 2.38. The number of aliphatic hydroxyl groups excluding tert-OH is 1. The molecule has 1 aromatic carbocycles. The lowest BCUT2D eigenvalue weighted by Crippen LogP contribution is -2.32. The van der Waals surface area contributed by atoms with E-state index in [0.717, 1.165) is 25.7 Å². The Morgan fingerprint density at radius 1 is 1.35 bits per heavy atom. The number of aliphatic hydroxyl groups is 1. The van der Waals surface area contributed by atoms with Gasteiger partial charge in [0.15, 0.2) is 0 Å². The molecule has 0 heterocycles. The third-order valence-corrected chi connectivity index (χ3v) is 5.14. The van der Waals surface area contributed by atoms with Crippen LogP contribution in [0, 0.1) is 0 Å². The van der Waals surface area contributed by atoms with E-state index < -0.39 is 10.0 Å². The summed E-state index contributed by atoms with van der Waals surface area (Å²) in [5.74, 6) is 0. The fraction of sp³-hybridized carbons (Fsp3) is 0.571. The smallest absolute Gasteiger partial charge is 0.242 e. The van der Waals surface area contributed by atoms with E-state index in [9.17, 15) is 8.42 Å². The van der Waals surface area contributed by atoms with Gasteiger partial charge < -0.3 is 5.11 Å². The minimum absolute atomic E-state index is 0.0214. The van der Waals surface area contributed by atoms with Crippen LogP contribution in [0.25, 0.3) is 0 Å². The fourth-order valence-corrected chi connectivity index (χ4v) is 3.77. The molecule has 4 nitrogen and oxygen atoms in total. The van der Waals surface area contributed by atoms with Gasteiger partial charge in [0.2, 0.25) is 10.0 Å². The molecule has 114 valence electrons. The summed E-state index contributed by atoms with van der Waals surface area (Å²) in [4.78, 5) is 0.0214. The lowest BCUT2D eigenvalue weighted by molar-refractivity contribution is 0.281.